The highest BCUT2D eigenvalue weighted by Gasteiger charge is 2.39. The summed E-state index contributed by atoms with van der Waals surface area (Å²) in [5.41, 5.74) is 3.90. The monoisotopic (exact) mass is 875 g/mol. The second-order valence-corrected chi connectivity index (χ2v) is 16.7. The van der Waals surface area contributed by atoms with Gasteiger partial charge in [0.05, 0.1) is 23.3 Å². The number of benzene rings is 3. The lowest BCUT2D eigenvalue weighted by Crippen LogP contribution is -2.53. The standard InChI is InChI=1S/C47H51ClFN9O5/c1-63-42-28-39-35(45(51-30-50-39)52-32-12-13-38(49)37(48)26-32)27-40(42)53-43(59)11-7-19-55-20-16-33(17-21-55)57-24-22-56(23-25-57)18-5-3-2-4-8-31-9-6-10-34-36(31)29-58(47(34)62)41-14-15-44(60)54-46(41)61/h6-7,9-13,26-28,30,33,41H,2-3,5,14-25,29H2,1H3,(H,53,59)(H,50,51,52)(H,54,60,61)/b11-7+. The number of piperidine rings is 2. The Hall–Kier alpha value is -5.92. The molecule has 328 valence electrons. The molecule has 63 heavy (non-hydrogen) atoms. The predicted molar refractivity (Wildman–Crippen MR) is 239 cm³/mol. The maximum Gasteiger partial charge on any atom is 0.255 e. The Balaban J connectivity index is 0.731. The van der Waals surface area contributed by atoms with Crippen molar-refractivity contribution in [3.8, 4) is 17.6 Å². The number of fused-ring (bicyclic) bond motifs is 2. The highest BCUT2D eigenvalue weighted by atomic mass is 35.5. The van der Waals surface area contributed by atoms with Gasteiger partial charge in [0.15, 0.2) is 0 Å². The molecule has 3 fully saturated rings. The number of carbonyl (C=O) groups is 4. The van der Waals surface area contributed by atoms with Crippen LogP contribution in [0.15, 0.2) is 67.0 Å². The number of carbonyl (C=O) groups excluding carboxylic acids is 4. The lowest BCUT2D eigenvalue weighted by molar-refractivity contribution is -0.137. The number of nitrogens with zero attached hydrogens (tertiary/aromatic N) is 6. The molecule has 3 N–H and O–H groups in total. The number of hydrogen-bond acceptors (Lipinski definition) is 11. The molecule has 0 radical (unpaired) electrons. The van der Waals surface area contributed by atoms with Crippen molar-refractivity contribution in [3.63, 3.8) is 0 Å². The number of methoxy groups -OCH3 is 1. The van der Waals surface area contributed by atoms with Gasteiger partial charge in [-0.2, -0.15) is 0 Å². The van der Waals surface area contributed by atoms with Gasteiger partial charge in [-0.3, -0.25) is 34.3 Å². The molecule has 5 heterocycles. The van der Waals surface area contributed by atoms with Crippen LogP contribution in [0.4, 0.5) is 21.6 Å². The van der Waals surface area contributed by atoms with Gasteiger partial charge in [-0.05, 0) is 93.7 Å². The first kappa shape index (κ1) is 43.7. The normalized spacial score (nSPS) is 18.9. The Kier molecular flexibility index (Phi) is 13.9. The number of anilines is 3. The summed E-state index contributed by atoms with van der Waals surface area (Å²) in [6.45, 7) is 8.29. The number of piperazine rings is 1. The topological polar surface area (TPSA) is 152 Å². The number of amides is 4. The number of unbranched alkanes of at least 4 members (excludes halogenated alkanes) is 2. The van der Waals surface area contributed by atoms with E-state index in [2.05, 4.69) is 52.5 Å². The van der Waals surface area contributed by atoms with Crippen LogP contribution in [0, 0.1) is 17.7 Å². The summed E-state index contributed by atoms with van der Waals surface area (Å²) < 4.78 is 19.3. The van der Waals surface area contributed by atoms with Crippen molar-refractivity contribution in [2.45, 2.75) is 63.6 Å². The predicted octanol–water partition coefficient (Wildman–Crippen LogP) is 5.73. The molecule has 4 amide bonds. The molecule has 1 aromatic heterocycles. The Morgan fingerprint density at radius 2 is 1.83 bits per heavy atom. The molecule has 1 unspecified atom stereocenters. The zero-order valence-corrected chi connectivity index (χ0v) is 36.1. The van der Waals surface area contributed by atoms with E-state index in [1.807, 2.05) is 18.2 Å². The fraction of sp³-hybridized carbons (Fsp3) is 0.404. The van der Waals surface area contributed by atoms with Crippen molar-refractivity contribution in [1.82, 2.24) is 34.9 Å². The first-order chi connectivity index (χ1) is 30.6. The highest BCUT2D eigenvalue weighted by molar-refractivity contribution is 6.31. The molecule has 16 heteroatoms. The third-order valence-corrected chi connectivity index (χ3v) is 12.6. The van der Waals surface area contributed by atoms with Gasteiger partial charge < -0.3 is 25.2 Å². The molecular formula is C47H51ClFN9O5. The van der Waals surface area contributed by atoms with E-state index in [1.165, 1.54) is 25.6 Å². The lowest BCUT2D eigenvalue weighted by atomic mass is 10.0. The number of nitrogens with one attached hydrogen (secondary N) is 3. The Morgan fingerprint density at radius 3 is 2.60 bits per heavy atom. The van der Waals surface area contributed by atoms with Gasteiger partial charge in [0.25, 0.3) is 5.91 Å². The first-order valence-electron chi connectivity index (χ1n) is 21.6. The molecule has 4 aliphatic heterocycles. The Bertz CT molecular complexity index is 2470. The van der Waals surface area contributed by atoms with E-state index in [-0.39, 0.29) is 29.2 Å². The molecule has 3 saturated heterocycles. The van der Waals surface area contributed by atoms with Gasteiger partial charge in [0.2, 0.25) is 17.7 Å². The number of rotatable bonds is 13. The Morgan fingerprint density at radius 1 is 1.00 bits per heavy atom. The van der Waals surface area contributed by atoms with Crippen molar-refractivity contribution < 1.29 is 28.3 Å². The molecule has 0 spiro atoms. The summed E-state index contributed by atoms with van der Waals surface area (Å²) in [5.74, 6) is 5.85. The number of aromatic nitrogens is 2. The maximum atomic E-state index is 13.7. The summed E-state index contributed by atoms with van der Waals surface area (Å²) in [5, 5.41) is 9.07. The van der Waals surface area contributed by atoms with Gasteiger partial charge in [-0.25, -0.2) is 14.4 Å². The van der Waals surface area contributed by atoms with Crippen LogP contribution < -0.4 is 20.7 Å². The summed E-state index contributed by atoms with van der Waals surface area (Å²) >= 11 is 5.97. The molecule has 4 aromatic rings. The molecule has 1 atom stereocenters. The van der Waals surface area contributed by atoms with E-state index in [1.54, 1.807) is 35.2 Å². The van der Waals surface area contributed by atoms with Crippen LogP contribution in [0.25, 0.3) is 10.9 Å². The zero-order chi connectivity index (χ0) is 43.9. The van der Waals surface area contributed by atoms with E-state index in [0.29, 0.717) is 65.0 Å². The maximum absolute atomic E-state index is 13.7. The largest absolute Gasteiger partial charge is 0.494 e. The fourth-order valence-electron chi connectivity index (χ4n) is 8.87. The average Bonchev–Trinajstić information content (AvgIpc) is 3.62. The SMILES string of the molecule is COc1cc2ncnc(Nc3ccc(F)c(Cl)c3)c2cc1NC(=O)/C=C/CN1CCC(N2CCN(CCCCC#Cc3cccc4c3CN(C3CCC(=O)NC3=O)C4=O)CC2)CC1. The molecule has 0 aliphatic carbocycles. The minimum Gasteiger partial charge on any atom is -0.494 e. The highest BCUT2D eigenvalue weighted by Crippen LogP contribution is 2.34. The molecule has 4 aliphatic rings. The number of ether oxygens (including phenoxy) is 1. The second-order valence-electron chi connectivity index (χ2n) is 16.3. The van der Waals surface area contributed by atoms with Crippen molar-refractivity contribution in [2.75, 3.05) is 70.1 Å². The van der Waals surface area contributed by atoms with E-state index in [9.17, 15) is 23.6 Å². The van der Waals surface area contributed by atoms with Crippen LogP contribution in [0.1, 0.15) is 66.4 Å². The van der Waals surface area contributed by atoms with Crippen LogP contribution in [0.3, 0.4) is 0 Å². The molecule has 0 bridgehead atoms. The number of halogens is 2. The van der Waals surface area contributed by atoms with Crippen molar-refractivity contribution in [1.29, 1.82) is 0 Å². The van der Waals surface area contributed by atoms with Gasteiger partial charge in [-0.1, -0.05) is 35.6 Å². The molecule has 0 saturated carbocycles. The molecule has 8 rings (SSSR count). The lowest BCUT2D eigenvalue weighted by Gasteiger charge is -2.42. The van der Waals surface area contributed by atoms with Gasteiger partial charge in [0, 0.05) is 92.5 Å². The first-order valence-corrected chi connectivity index (χ1v) is 22.0. The van der Waals surface area contributed by atoms with Gasteiger partial charge >= 0.3 is 0 Å². The third-order valence-electron chi connectivity index (χ3n) is 12.3. The summed E-state index contributed by atoms with van der Waals surface area (Å²) in [7, 11) is 1.53. The molecule has 3 aromatic carbocycles. The van der Waals surface area contributed by atoms with Crippen LogP contribution in [0.5, 0.6) is 5.75 Å². The fourth-order valence-corrected chi connectivity index (χ4v) is 9.05. The van der Waals surface area contributed by atoms with Crippen LogP contribution in [-0.4, -0.2) is 125 Å². The zero-order valence-electron chi connectivity index (χ0n) is 35.3. The second kappa shape index (κ2) is 20.1. The van der Waals surface area contributed by atoms with Crippen LogP contribution in [0.2, 0.25) is 5.02 Å². The van der Waals surface area contributed by atoms with Crippen LogP contribution >= 0.6 is 11.6 Å². The molecule has 14 nitrogen and oxygen atoms in total. The minimum absolute atomic E-state index is 0.0119. The van der Waals surface area contributed by atoms with Crippen molar-refractivity contribution >= 4 is 63.3 Å². The number of imide groups is 1. The van der Waals surface area contributed by atoms with Crippen LogP contribution in [-0.2, 0) is 20.9 Å². The molecular weight excluding hydrogens is 825 g/mol. The minimum atomic E-state index is -0.633. The van der Waals surface area contributed by atoms with Gasteiger partial charge in [0.1, 0.15) is 29.8 Å². The smallest absolute Gasteiger partial charge is 0.255 e. The van der Waals surface area contributed by atoms with E-state index in [0.717, 1.165) is 89.0 Å². The summed E-state index contributed by atoms with van der Waals surface area (Å²) in [6.07, 6.45) is 10.5. The Labute approximate surface area is 371 Å². The summed E-state index contributed by atoms with van der Waals surface area (Å²) in [4.78, 5) is 68.1. The van der Waals surface area contributed by atoms with Crippen molar-refractivity contribution in [2.24, 2.45) is 0 Å². The quantitative estimate of drug-likeness (QED) is 0.0654. The van der Waals surface area contributed by atoms with Crippen molar-refractivity contribution in [3.05, 3.63) is 94.5 Å². The van der Waals surface area contributed by atoms with E-state index >= 15 is 0 Å². The number of hydrogen-bond donors (Lipinski definition) is 3. The van der Waals surface area contributed by atoms with E-state index < -0.39 is 17.8 Å². The van der Waals surface area contributed by atoms with E-state index in [4.69, 9.17) is 16.3 Å². The van der Waals surface area contributed by atoms with Gasteiger partial charge in [-0.15, -0.1) is 0 Å². The third kappa shape index (κ3) is 10.5. The average molecular weight is 876 g/mol. The number of likely N-dealkylation sites (tertiary alicyclic amines) is 1. The summed E-state index contributed by atoms with van der Waals surface area (Å²) in [6, 6.07) is 13.3.